The number of nitrogen functional groups attached to an aromatic ring is 1. The second kappa shape index (κ2) is 4.52. The van der Waals surface area contributed by atoms with Gasteiger partial charge in [-0.25, -0.2) is 4.98 Å². The smallest absolute Gasteiger partial charge is 0.228 e. The Morgan fingerprint density at radius 3 is 2.79 bits per heavy atom. The Morgan fingerprint density at radius 1 is 1.11 bits per heavy atom. The van der Waals surface area contributed by atoms with Gasteiger partial charge >= 0.3 is 0 Å². The van der Waals surface area contributed by atoms with Crippen LogP contribution in [-0.4, -0.2) is 34.6 Å². The predicted molar refractivity (Wildman–Crippen MR) is 83.4 cm³/mol. The highest BCUT2D eigenvalue weighted by Crippen LogP contribution is 2.39. The summed E-state index contributed by atoms with van der Waals surface area (Å²) >= 11 is 3.81. The van der Waals surface area contributed by atoms with Gasteiger partial charge in [-0.15, -0.1) is 11.3 Å². The van der Waals surface area contributed by atoms with E-state index in [4.69, 9.17) is 10.7 Å². The zero-order chi connectivity index (χ0) is 12.8. The fourth-order valence-electron chi connectivity index (χ4n) is 2.92. The lowest BCUT2D eigenvalue weighted by molar-refractivity contribution is 0.822. The second-order valence-corrected chi connectivity index (χ2v) is 7.35. The van der Waals surface area contributed by atoms with Gasteiger partial charge in [0.1, 0.15) is 10.6 Å². The standard InChI is InChI=1S/C13H16N4S2/c14-11-10-8-2-1-3-9(8)19-12(10)16-13(15-11)17-4-6-18-7-5-17/h1-7H2,(H2,14,15,16). The Kier molecular flexibility index (Phi) is 2.81. The molecule has 0 aromatic carbocycles. The first-order valence-electron chi connectivity index (χ1n) is 6.73. The average molecular weight is 292 g/mol. The minimum Gasteiger partial charge on any atom is -0.383 e. The molecule has 1 aliphatic carbocycles. The number of fused-ring (bicyclic) bond motifs is 3. The van der Waals surface area contributed by atoms with Gasteiger partial charge in [0.15, 0.2) is 0 Å². The number of thiophene rings is 1. The van der Waals surface area contributed by atoms with E-state index in [0.29, 0.717) is 5.82 Å². The highest BCUT2D eigenvalue weighted by Gasteiger charge is 2.23. The normalized spacial score (nSPS) is 19.1. The van der Waals surface area contributed by atoms with Crippen LogP contribution in [0.4, 0.5) is 11.8 Å². The van der Waals surface area contributed by atoms with Crippen molar-refractivity contribution < 1.29 is 0 Å². The molecule has 100 valence electrons. The van der Waals surface area contributed by atoms with E-state index < -0.39 is 0 Å². The van der Waals surface area contributed by atoms with Gasteiger partial charge in [0.05, 0.1) is 5.39 Å². The maximum absolute atomic E-state index is 6.20. The zero-order valence-corrected chi connectivity index (χ0v) is 12.3. The molecule has 1 saturated heterocycles. The molecule has 2 aromatic rings. The van der Waals surface area contributed by atoms with Crippen LogP contribution < -0.4 is 10.6 Å². The summed E-state index contributed by atoms with van der Waals surface area (Å²) in [4.78, 5) is 14.2. The van der Waals surface area contributed by atoms with Crippen LogP contribution in [0, 0.1) is 0 Å². The molecule has 0 radical (unpaired) electrons. The number of aryl methyl sites for hydroxylation is 2. The van der Waals surface area contributed by atoms with E-state index in [-0.39, 0.29) is 0 Å². The lowest BCUT2D eigenvalue weighted by Gasteiger charge is -2.26. The Morgan fingerprint density at radius 2 is 1.95 bits per heavy atom. The van der Waals surface area contributed by atoms with Crippen molar-refractivity contribution in [3.63, 3.8) is 0 Å². The van der Waals surface area contributed by atoms with E-state index in [1.807, 2.05) is 23.1 Å². The predicted octanol–water partition coefficient (Wildman–Crippen LogP) is 2.32. The highest BCUT2D eigenvalue weighted by atomic mass is 32.2. The van der Waals surface area contributed by atoms with E-state index in [2.05, 4.69) is 9.88 Å². The number of anilines is 2. The van der Waals surface area contributed by atoms with E-state index in [9.17, 15) is 0 Å². The Balaban J connectivity index is 1.82. The summed E-state index contributed by atoms with van der Waals surface area (Å²) < 4.78 is 0. The molecule has 19 heavy (non-hydrogen) atoms. The molecule has 6 heteroatoms. The van der Waals surface area contributed by atoms with Gasteiger partial charge < -0.3 is 10.6 Å². The minimum atomic E-state index is 0.678. The van der Waals surface area contributed by atoms with E-state index in [1.54, 1.807) is 0 Å². The summed E-state index contributed by atoms with van der Waals surface area (Å²) in [5, 5.41) is 1.13. The Bertz CT molecular complexity index is 631. The molecule has 1 aliphatic heterocycles. The number of rotatable bonds is 1. The summed E-state index contributed by atoms with van der Waals surface area (Å²) in [6, 6.07) is 0. The molecule has 1 fully saturated rings. The van der Waals surface area contributed by atoms with Crippen LogP contribution in [0.25, 0.3) is 10.2 Å². The molecule has 2 aliphatic rings. The third-order valence-corrected chi connectivity index (χ3v) is 6.00. The fraction of sp³-hybridized carbons (Fsp3) is 0.538. The lowest BCUT2D eigenvalue weighted by atomic mass is 10.2. The minimum absolute atomic E-state index is 0.678. The van der Waals surface area contributed by atoms with Crippen molar-refractivity contribution in [3.8, 4) is 0 Å². The van der Waals surface area contributed by atoms with Gasteiger partial charge in [-0.3, -0.25) is 0 Å². The topological polar surface area (TPSA) is 55.0 Å². The van der Waals surface area contributed by atoms with Crippen molar-refractivity contribution in [1.82, 2.24) is 9.97 Å². The number of hydrogen-bond acceptors (Lipinski definition) is 6. The van der Waals surface area contributed by atoms with Crippen LogP contribution in [0.15, 0.2) is 0 Å². The zero-order valence-electron chi connectivity index (χ0n) is 10.7. The summed E-state index contributed by atoms with van der Waals surface area (Å²) in [5.74, 6) is 3.81. The van der Waals surface area contributed by atoms with Crippen molar-refractivity contribution in [2.45, 2.75) is 19.3 Å². The Hall–Kier alpha value is -1.01. The van der Waals surface area contributed by atoms with Crippen LogP contribution in [0.1, 0.15) is 16.9 Å². The maximum atomic E-state index is 6.20. The van der Waals surface area contributed by atoms with Crippen molar-refractivity contribution in [1.29, 1.82) is 0 Å². The van der Waals surface area contributed by atoms with Crippen molar-refractivity contribution in [3.05, 3.63) is 10.4 Å². The van der Waals surface area contributed by atoms with Gasteiger partial charge in [-0.2, -0.15) is 16.7 Å². The summed E-state index contributed by atoms with van der Waals surface area (Å²) in [6.45, 7) is 2.06. The number of thioether (sulfide) groups is 1. The van der Waals surface area contributed by atoms with Gasteiger partial charge in [-0.05, 0) is 24.8 Å². The van der Waals surface area contributed by atoms with Gasteiger partial charge in [0.25, 0.3) is 0 Å². The third-order valence-electron chi connectivity index (χ3n) is 3.87. The van der Waals surface area contributed by atoms with Crippen LogP contribution in [0.3, 0.4) is 0 Å². The summed E-state index contributed by atoms with van der Waals surface area (Å²) in [5.41, 5.74) is 7.62. The molecular weight excluding hydrogens is 276 g/mol. The Labute approximate surface area is 120 Å². The van der Waals surface area contributed by atoms with E-state index >= 15 is 0 Å². The molecular formula is C13H16N4S2. The van der Waals surface area contributed by atoms with Crippen molar-refractivity contribution >= 4 is 45.1 Å². The molecule has 0 unspecified atom stereocenters. The first-order chi connectivity index (χ1) is 9.33. The van der Waals surface area contributed by atoms with Crippen LogP contribution in [0.2, 0.25) is 0 Å². The molecule has 4 rings (SSSR count). The molecule has 0 atom stereocenters. The van der Waals surface area contributed by atoms with Crippen LogP contribution in [0.5, 0.6) is 0 Å². The molecule has 0 bridgehead atoms. The fourth-order valence-corrected chi connectivity index (χ4v) is 5.08. The quantitative estimate of drug-likeness (QED) is 0.874. The summed E-state index contributed by atoms with van der Waals surface area (Å²) in [6.07, 6.45) is 3.58. The molecule has 0 spiro atoms. The van der Waals surface area contributed by atoms with Crippen LogP contribution >= 0.6 is 23.1 Å². The second-order valence-electron chi connectivity index (χ2n) is 5.05. The highest BCUT2D eigenvalue weighted by molar-refractivity contribution is 7.99. The first-order valence-corrected chi connectivity index (χ1v) is 8.70. The number of nitrogens with two attached hydrogens (primary N) is 1. The molecule has 4 nitrogen and oxygen atoms in total. The SMILES string of the molecule is Nc1nc(N2CCSCC2)nc2sc3c(c12)CCC3. The monoisotopic (exact) mass is 292 g/mol. The largest absolute Gasteiger partial charge is 0.383 e. The van der Waals surface area contributed by atoms with Gasteiger partial charge in [0, 0.05) is 29.5 Å². The lowest BCUT2D eigenvalue weighted by Crippen LogP contribution is -2.33. The number of nitrogens with zero attached hydrogens (tertiary/aromatic N) is 3. The average Bonchev–Trinajstić information content (AvgIpc) is 2.99. The molecule has 3 heterocycles. The van der Waals surface area contributed by atoms with Gasteiger partial charge in [-0.1, -0.05) is 0 Å². The van der Waals surface area contributed by atoms with Crippen molar-refractivity contribution in [2.24, 2.45) is 0 Å². The molecule has 2 N–H and O–H groups in total. The summed E-state index contributed by atoms with van der Waals surface area (Å²) in [7, 11) is 0. The van der Waals surface area contributed by atoms with Gasteiger partial charge in [0.2, 0.25) is 5.95 Å². The maximum Gasteiger partial charge on any atom is 0.228 e. The van der Waals surface area contributed by atoms with E-state index in [1.165, 1.54) is 23.3 Å². The molecule has 0 saturated carbocycles. The number of aromatic nitrogens is 2. The molecule has 2 aromatic heterocycles. The third kappa shape index (κ3) is 1.89. The molecule has 0 amide bonds. The first kappa shape index (κ1) is 11.8. The van der Waals surface area contributed by atoms with E-state index in [0.717, 1.165) is 47.2 Å². The van der Waals surface area contributed by atoms with Crippen molar-refractivity contribution in [2.75, 3.05) is 35.2 Å². The van der Waals surface area contributed by atoms with Crippen LogP contribution in [-0.2, 0) is 12.8 Å². The number of hydrogen-bond donors (Lipinski definition) is 1.